The molecule has 2 aromatic rings. The zero-order chi connectivity index (χ0) is 9.26. The Morgan fingerprint density at radius 2 is 1.60 bits per heavy atom. The summed E-state index contributed by atoms with van der Waals surface area (Å²) in [5.41, 5.74) is 0.359. The third-order valence-electron chi connectivity index (χ3n) is 2.02. The molecule has 0 aliphatic heterocycles. The molecule has 1 N–H and O–H groups in total. The molecule has 0 bridgehead atoms. The van der Waals surface area contributed by atoms with Crippen molar-refractivity contribution in [3.63, 3.8) is 0 Å². The van der Waals surface area contributed by atoms with Crippen LogP contribution in [0, 0.1) is 0 Å². The van der Waals surface area contributed by atoms with Crippen molar-refractivity contribution in [2.45, 2.75) is 0 Å². The van der Waals surface area contributed by atoms with Gasteiger partial charge in [-0.1, -0.05) is 36.4 Å². The van der Waals surface area contributed by atoms with Crippen molar-refractivity contribution in [2.24, 2.45) is 0 Å². The largest absolute Gasteiger partial charge is 2.00 e. The predicted octanol–water partition coefficient (Wildman–Crippen LogP) is 2.23. The Balaban J connectivity index is -0.000000109. The number of fused-ring (bicyclic) bond motifs is 1. The molecule has 0 fully saturated rings. The van der Waals surface area contributed by atoms with Crippen molar-refractivity contribution in [3.05, 3.63) is 48.0 Å². The third-order valence-corrected chi connectivity index (χ3v) is 2.02. The molecule has 2 nitrogen and oxygen atoms in total. The van der Waals surface area contributed by atoms with Gasteiger partial charge in [-0.25, -0.2) is 4.79 Å². The second-order valence-electron chi connectivity index (χ2n) is 2.83. The van der Waals surface area contributed by atoms with E-state index in [2.05, 4.69) is 0 Å². The summed E-state index contributed by atoms with van der Waals surface area (Å²) in [6, 6.07) is 12.7. The summed E-state index contributed by atoms with van der Waals surface area (Å²) >= 11 is 0. The van der Waals surface area contributed by atoms with Gasteiger partial charge in [-0.2, -0.15) is 0 Å². The molecule has 2 aromatic carbocycles. The van der Waals surface area contributed by atoms with Crippen LogP contribution in [0.1, 0.15) is 16.1 Å². The van der Waals surface area contributed by atoms with E-state index in [1.165, 1.54) is 0 Å². The van der Waals surface area contributed by atoms with Gasteiger partial charge in [-0.3, -0.25) is 0 Å². The van der Waals surface area contributed by atoms with Gasteiger partial charge in [0, 0.05) is 0 Å². The maximum Gasteiger partial charge on any atom is 2.00 e. The molecule has 0 aromatic heterocycles. The minimum absolute atomic E-state index is 0. The first-order valence-electron chi connectivity index (χ1n) is 4.00. The molecule has 0 amide bonds. The van der Waals surface area contributed by atoms with Gasteiger partial charge in [0.15, 0.2) is 0 Å². The molecule has 0 aliphatic rings. The molecule has 15 heavy (non-hydrogen) atoms. The summed E-state index contributed by atoms with van der Waals surface area (Å²) in [7, 11) is 0. The molecule has 0 spiro atoms. The van der Waals surface area contributed by atoms with Gasteiger partial charge in [0.25, 0.3) is 0 Å². The number of rotatable bonds is 1. The smallest absolute Gasteiger partial charge is 1.00 e. The second-order valence-corrected chi connectivity index (χ2v) is 2.83. The van der Waals surface area contributed by atoms with E-state index >= 15 is 0 Å². The number of hydrogen-bond acceptors (Lipinski definition) is 1. The maximum absolute atomic E-state index is 10.8. The van der Waals surface area contributed by atoms with Crippen molar-refractivity contribution in [2.75, 3.05) is 0 Å². The van der Waals surface area contributed by atoms with E-state index in [9.17, 15) is 4.79 Å². The van der Waals surface area contributed by atoms with Gasteiger partial charge in [0.05, 0.1) is 5.56 Å². The molecule has 2 rings (SSSR count). The SMILES string of the molecule is O=C(O)c1cccc2ccccc12.[Ca+2].[Ca+2].[H-].[H-].[H-].[H-]. The Hall–Kier alpha value is 0.689. The molecular formula is C11H12Ca2O2. The minimum Gasteiger partial charge on any atom is -1.00 e. The minimum atomic E-state index is -0.878. The van der Waals surface area contributed by atoms with E-state index in [1.54, 1.807) is 12.1 Å². The average molecular weight is 256 g/mol. The fourth-order valence-corrected chi connectivity index (χ4v) is 1.41. The molecule has 72 valence electrons. The van der Waals surface area contributed by atoms with Gasteiger partial charge in [0.2, 0.25) is 0 Å². The molecule has 4 heteroatoms. The Morgan fingerprint density at radius 3 is 2.27 bits per heavy atom. The van der Waals surface area contributed by atoms with E-state index in [4.69, 9.17) is 5.11 Å². The van der Waals surface area contributed by atoms with Crippen molar-refractivity contribution >= 4 is 92.2 Å². The van der Waals surface area contributed by atoms with Gasteiger partial charge in [0.1, 0.15) is 0 Å². The van der Waals surface area contributed by atoms with Gasteiger partial charge in [-0.15, -0.1) is 0 Å². The van der Waals surface area contributed by atoms with Gasteiger partial charge >= 0.3 is 81.4 Å². The molecule has 0 atom stereocenters. The van der Waals surface area contributed by atoms with Crippen LogP contribution in [0.5, 0.6) is 0 Å². The van der Waals surface area contributed by atoms with Crippen molar-refractivity contribution < 1.29 is 15.6 Å². The first kappa shape index (κ1) is 15.7. The Morgan fingerprint density at radius 1 is 1.00 bits per heavy atom. The summed E-state index contributed by atoms with van der Waals surface area (Å²) in [5, 5.41) is 10.6. The number of carboxylic acids is 1. The van der Waals surface area contributed by atoms with Crippen LogP contribution in [0.25, 0.3) is 10.8 Å². The van der Waals surface area contributed by atoms with Gasteiger partial charge in [-0.05, 0) is 16.8 Å². The van der Waals surface area contributed by atoms with E-state index in [1.807, 2.05) is 30.3 Å². The number of carboxylic acid groups (broad SMARTS) is 1. The standard InChI is InChI=1S/C11H8O2.2Ca.4H/c12-11(13)10-7-3-5-8-4-1-2-6-9(8)10;;;;;;/h1-7H,(H,12,13);;;;;;/q;2*+2;4*-1. The molecule has 0 saturated heterocycles. The number of hydrogen-bond donors (Lipinski definition) is 1. The van der Waals surface area contributed by atoms with Crippen molar-refractivity contribution in [1.29, 1.82) is 0 Å². The first-order chi connectivity index (χ1) is 6.29. The van der Waals surface area contributed by atoms with Crippen LogP contribution >= 0.6 is 0 Å². The number of carbonyl (C=O) groups is 1. The fourth-order valence-electron chi connectivity index (χ4n) is 1.41. The number of aromatic carboxylic acids is 1. The zero-order valence-corrected chi connectivity index (χ0v) is 12.7. The average Bonchev–Trinajstić information content (AvgIpc) is 2.17. The molecule has 0 heterocycles. The monoisotopic (exact) mass is 256 g/mol. The molecular weight excluding hydrogens is 244 g/mol. The van der Waals surface area contributed by atoms with Crippen LogP contribution in [-0.2, 0) is 0 Å². The van der Waals surface area contributed by atoms with Crippen molar-refractivity contribution in [1.82, 2.24) is 0 Å². The quantitative estimate of drug-likeness (QED) is 0.794. The van der Waals surface area contributed by atoms with Gasteiger partial charge < -0.3 is 10.8 Å². The van der Waals surface area contributed by atoms with E-state index < -0.39 is 5.97 Å². The Kier molecular flexibility index (Phi) is 7.43. The summed E-state index contributed by atoms with van der Waals surface area (Å²) in [5.74, 6) is -0.878. The summed E-state index contributed by atoms with van der Waals surface area (Å²) in [4.78, 5) is 10.8. The molecule has 0 unspecified atom stereocenters. The van der Waals surface area contributed by atoms with E-state index in [0.717, 1.165) is 10.8 Å². The third kappa shape index (κ3) is 3.58. The summed E-state index contributed by atoms with van der Waals surface area (Å²) in [6.07, 6.45) is 0. The van der Waals surface area contributed by atoms with Crippen LogP contribution in [0.2, 0.25) is 0 Å². The second kappa shape index (κ2) is 7.10. The maximum atomic E-state index is 10.8. The van der Waals surface area contributed by atoms with Crippen LogP contribution in [0.4, 0.5) is 0 Å². The van der Waals surface area contributed by atoms with E-state index in [0.29, 0.717) is 5.56 Å². The van der Waals surface area contributed by atoms with Crippen LogP contribution in [-0.4, -0.2) is 86.6 Å². The predicted molar refractivity (Wildman–Crippen MR) is 66.9 cm³/mol. The van der Waals surface area contributed by atoms with Crippen LogP contribution in [0.15, 0.2) is 42.5 Å². The molecule has 0 saturated carbocycles. The Bertz CT molecular complexity index is 478. The normalized spacial score (nSPS) is 8.80. The summed E-state index contributed by atoms with van der Waals surface area (Å²) in [6.45, 7) is 0. The fraction of sp³-hybridized carbons (Fsp3) is 0. The van der Waals surface area contributed by atoms with Crippen LogP contribution < -0.4 is 0 Å². The molecule has 0 radical (unpaired) electrons. The number of benzene rings is 2. The van der Waals surface area contributed by atoms with Crippen LogP contribution in [0.3, 0.4) is 0 Å². The zero-order valence-electron chi connectivity index (χ0n) is 12.3. The molecule has 0 aliphatic carbocycles. The summed E-state index contributed by atoms with van der Waals surface area (Å²) < 4.78 is 0. The topological polar surface area (TPSA) is 37.3 Å². The first-order valence-corrected chi connectivity index (χ1v) is 4.00. The van der Waals surface area contributed by atoms with Crippen molar-refractivity contribution in [3.8, 4) is 0 Å². The Labute approximate surface area is 154 Å². The van der Waals surface area contributed by atoms with E-state index in [-0.39, 0.29) is 81.2 Å².